The van der Waals surface area contributed by atoms with Crippen LogP contribution in [-0.4, -0.2) is 16.7 Å². The predicted octanol–water partition coefficient (Wildman–Crippen LogP) is 2.89. The third-order valence-corrected chi connectivity index (χ3v) is 11.7. The van der Waals surface area contributed by atoms with Gasteiger partial charge in [-0.2, -0.15) is 0 Å². The molecule has 2 amide bonds. The Balaban J connectivity index is 0.00000337. The van der Waals surface area contributed by atoms with Crippen molar-refractivity contribution in [1.82, 2.24) is 0 Å². The number of non-ortho nitro benzene ring substituents is 1. The van der Waals surface area contributed by atoms with Crippen LogP contribution in [-0.2, 0) is 6.16 Å². The van der Waals surface area contributed by atoms with Crippen molar-refractivity contribution in [3.63, 3.8) is 0 Å². The van der Waals surface area contributed by atoms with Gasteiger partial charge in [0, 0.05) is 17.7 Å². The average Bonchev–Trinajstić information content (AvgIpc) is 3.26. The molecule has 41 heavy (non-hydrogen) atoms. The zero-order chi connectivity index (χ0) is 27.7. The zero-order valence-corrected chi connectivity index (χ0v) is 24.2. The standard InChI is InChI=1S/C33H24N2O4P.BrH/c36-32-29-18-10-11-19-30(29)33(37)34(32)31-21-20-25(35(38)39)22-24(31)23-40(26-12-4-1-5-13-26,27-14-6-2-7-15-27)28-16-8-3-9-17-28;/h1-22H,23H2;1H/q+1;/p-1. The second kappa shape index (κ2) is 11.6. The van der Waals surface area contributed by atoms with Crippen molar-refractivity contribution in [3.05, 3.63) is 160 Å². The molecule has 0 atom stereocenters. The molecular weight excluding hydrogens is 599 g/mol. The molecule has 6 nitrogen and oxygen atoms in total. The SMILES string of the molecule is O=C1c2ccccc2C(=O)N1c1ccc([N+](=O)[O-])cc1C[P+](c1ccccc1)(c1ccccc1)c1ccccc1.[Br-]. The molecule has 6 rings (SSSR count). The number of anilines is 1. The van der Waals surface area contributed by atoms with E-state index in [1.165, 1.54) is 23.1 Å². The van der Waals surface area contributed by atoms with Gasteiger partial charge in [0.2, 0.25) is 0 Å². The molecule has 0 N–H and O–H groups in total. The fraction of sp³-hybridized carbons (Fsp3) is 0.0303. The molecule has 5 aromatic carbocycles. The van der Waals surface area contributed by atoms with E-state index in [2.05, 4.69) is 36.4 Å². The molecule has 0 aliphatic carbocycles. The van der Waals surface area contributed by atoms with Gasteiger partial charge in [-0.15, -0.1) is 0 Å². The Bertz CT molecular complexity index is 1620. The molecule has 0 saturated carbocycles. The molecule has 0 bridgehead atoms. The van der Waals surface area contributed by atoms with Crippen LogP contribution >= 0.6 is 7.26 Å². The summed E-state index contributed by atoms with van der Waals surface area (Å²) in [7, 11) is -2.48. The molecule has 8 heteroatoms. The molecule has 1 heterocycles. The van der Waals surface area contributed by atoms with Gasteiger partial charge in [-0.3, -0.25) is 19.7 Å². The molecule has 0 radical (unpaired) electrons. The Kier molecular flexibility index (Phi) is 7.93. The monoisotopic (exact) mass is 622 g/mol. The van der Waals surface area contributed by atoms with Gasteiger partial charge in [-0.1, -0.05) is 66.7 Å². The number of imide groups is 1. The van der Waals surface area contributed by atoms with Gasteiger partial charge in [0.05, 0.1) is 21.7 Å². The smallest absolute Gasteiger partial charge is 0.269 e. The minimum Gasteiger partial charge on any atom is -1.00 e. The van der Waals surface area contributed by atoms with Crippen molar-refractivity contribution in [3.8, 4) is 0 Å². The molecule has 0 aromatic heterocycles. The molecule has 5 aromatic rings. The Labute approximate surface area is 248 Å². The van der Waals surface area contributed by atoms with Gasteiger partial charge in [0.25, 0.3) is 17.5 Å². The van der Waals surface area contributed by atoms with Crippen LogP contribution in [0.1, 0.15) is 26.3 Å². The maximum absolute atomic E-state index is 13.5. The second-order valence-electron chi connectivity index (χ2n) is 9.54. The van der Waals surface area contributed by atoms with E-state index in [4.69, 9.17) is 0 Å². The number of amides is 2. The fourth-order valence-electron chi connectivity index (χ4n) is 5.46. The Morgan fingerprint density at radius 2 is 1.02 bits per heavy atom. The predicted molar refractivity (Wildman–Crippen MR) is 160 cm³/mol. The zero-order valence-electron chi connectivity index (χ0n) is 21.8. The van der Waals surface area contributed by atoms with Crippen LogP contribution in [0, 0.1) is 10.1 Å². The fourth-order valence-corrected chi connectivity index (χ4v) is 9.71. The number of carbonyl (C=O) groups is 2. The highest BCUT2D eigenvalue weighted by Gasteiger charge is 2.47. The number of nitro groups is 1. The normalized spacial score (nSPS) is 12.5. The summed E-state index contributed by atoms with van der Waals surface area (Å²) in [5.74, 6) is -0.863. The highest BCUT2D eigenvalue weighted by molar-refractivity contribution is 7.95. The minimum atomic E-state index is -2.48. The molecule has 1 aliphatic rings. The first-order valence-corrected chi connectivity index (χ1v) is 14.8. The number of carbonyl (C=O) groups excluding carboxylic acids is 2. The van der Waals surface area contributed by atoms with Gasteiger partial charge < -0.3 is 17.0 Å². The number of rotatable bonds is 7. The molecule has 1 aliphatic heterocycles. The lowest BCUT2D eigenvalue weighted by atomic mass is 10.1. The molecular formula is C33H24BrN2O4P. The molecule has 0 fully saturated rings. The quantitative estimate of drug-likeness (QED) is 0.121. The first-order valence-electron chi connectivity index (χ1n) is 12.8. The number of fused-ring (bicyclic) bond motifs is 1. The summed E-state index contributed by atoms with van der Waals surface area (Å²) in [6.07, 6.45) is 0.370. The first-order chi connectivity index (χ1) is 19.5. The van der Waals surface area contributed by atoms with Crippen LogP contribution in [0.3, 0.4) is 0 Å². The lowest BCUT2D eigenvalue weighted by molar-refractivity contribution is -0.384. The van der Waals surface area contributed by atoms with E-state index in [-0.39, 0.29) is 22.7 Å². The van der Waals surface area contributed by atoms with Crippen molar-refractivity contribution in [1.29, 1.82) is 0 Å². The topological polar surface area (TPSA) is 80.5 Å². The number of nitro benzene ring substituents is 1. The molecule has 0 saturated heterocycles. The maximum atomic E-state index is 13.5. The van der Waals surface area contributed by atoms with Crippen molar-refractivity contribution < 1.29 is 31.5 Å². The summed E-state index contributed by atoms with van der Waals surface area (Å²) in [5.41, 5.74) is 1.49. The largest absolute Gasteiger partial charge is 1.00 e. The highest BCUT2D eigenvalue weighted by Crippen LogP contribution is 2.59. The van der Waals surface area contributed by atoms with E-state index in [1.807, 2.05) is 54.6 Å². The maximum Gasteiger partial charge on any atom is 0.269 e. The van der Waals surface area contributed by atoms with Gasteiger partial charge in [0.15, 0.2) is 0 Å². The van der Waals surface area contributed by atoms with E-state index < -0.39 is 24.0 Å². The Hall–Kier alpha value is -4.45. The van der Waals surface area contributed by atoms with Crippen LogP contribution in [0.2, 0.25) is 0 Å². The number of nitrogens with zero attached hydrogens (tertiary/aromatic N) is 2. The van der Waals surface area contributed by atoms with E-state index in [1.54, 1.807) is 24.3 Å². The Morgan fingerprint density at radius 1 is 0.610 bits per heavy atom. The summed E-state index contributed by atoms with van der Waals surface area (Å²) >= 11 is 0. The van der Waals surface area contributed by atoms with Crippen molar-refractivity contribution in [2.75, 3.05) is 4.90 Å². The number of hydrogen-bond donors (Lipinski definition) is 0. The summed E-state index contributed by atoms with van der Waals surface area (Å²) in [6.45, 7) is 0. The number of hydrogen-bond acceptors (Lipinski definition) is 4. The average molecular weight is 623 g/mol. The van der Waals surface area contributed by atoms with Crippen LogP contribution in [0.25, 0.3) is 0 Å². The van der Waals surface area contributed by atoms with E-state index >= 15 is 0 Å². The number of halogens is 1. The van der Waals surface area contributed by atoms with E-state index in [9.17, 15) is 19.7 Å². The lowest BCUT2D eigenvalue weighted by Gasteiger charge is -2.29. The van der Waals surface area contributed by atoms with Crippen molar-refractivity contribution >= 4 is 46.4 Å². The third kappa shape index (κ3) is 4.88. The van der Waals surface area contributed by atoms with E-state index in [0.717, 1.165) is 15.9 Å². The summed E-state index contributed by atoms with van der Waals surface area (Å²) in [4.78, 5) is 39.7. The lowest BCUT2D eigenvalue weighted by Crippen LogP contribution is -3.00. The molecule has 0 unspecified atom stereocenters. The summed E-state index contributed by atoms with van der Waals surface area (Å²) in [6, 6.07) is 41.5. The van der Waals surface area contributed by atoms with Crippen molar-refractivity contribution in [2.45, 2.75) is 6.16 Å². The second-order valence-corrected chi connectivity index (χ2v) is 13.0. The molecule has 0 spiro atoms. The summed E-state index contributed by atoms with van der Waals surface area (Å²) < 4.78 is 0. The van der Waals surface area contributed by atoms with Gasteiger partial charge in [-0.05, 0) is 54.6 Å². The van der Waals surface area contributed by atoms with Crippen LogP contribution < -0.4 is 37.8 Å². The third-order valence-electron chi connectivity index (χ3n) is 7.31. The van der Waals surface area contributed by atoms with Gasteiger partial charge >= 0.3 is 0 Å². The molecule has 202 valence electrons. The van der Waals surface area contributed by atoms with Crippen LogP contribution in [0.15, 0.2) is 133 Å². The van der Waals surface area contributed by atoms with Crippen LogP contribution in [0.5, 0.6) is 0 Å². The number of benzene rings is 5. The minimum absolute atomic E-state index is 0. The first kappa shape index (κ1) is 28.1. The van der Waals surface area contributed by atoms with Gasteiger partial charge in [0.1, 0.15) is 29.3 Å². The van der Waals surface area contributed by atoms with Crippen molar-refractivity contribution in [2.24, 2.45) is 0 Å². The highest BCUT2D eigenvalue weighted by atomic mass is 79.9. The van der Waals surface area contributed by atoms with Crippen LogP contribution in [0.4, 0.5) is 11.4 Å². The van der Waals surface area contributed by atoms with E-state index in [0.29, 0.717) is 28.5 Å². The summed E-state index contributed by atoms with van der Waals surface area (Å²) in [5, 5.41) is 15.2. The Morgan fingerprint density at radius 3 is 1.44 bits per heavy atom. The van der Waals surface area contributed by atoms with Gasteiger partial charge in [-0.25, -0.2) is 4.90 Å².